The molecular weight excluding hydrogens is 219 g/mol. The fraction of sp³-hybridized carbons (Fsp3) is 0.100. The van der Waals surface area contributed by atoms with E-state index >= 15 is 0 Å². The van der Waals surface area contributed by atoms with E-state index in [1.165, 1.54) is 18.3 Å². The van der Waals surface area contributed by atoms with Crippen molar-refractivity contribution >= 4 is 11.6 Å². The summed E-state index contributed by atoms with van der Waals surface area (Å²) in [6, 6.07) is 6.20. The lowest BCUT2D eigenvalue weighted by Crippen LogP contribution is -2.00. The van der Waals surface area contributed by atoms with Crippen LogP contribution >= 0.6 is 11.6 Å². The molecule has 0 amide bonds. The maximum atomic E-state index is 13.1. The van der Waals surface area contributed by atoms with Gasteiger partial charge in [0.05, 0.1) is 16.9 Å². The molecule has 0 bridgehead atoms. The molecule has 5 heteroatoms. The number of hydrogen-bond donors (Lipinski definition) is 1. The average molecular weight is 227 g/mol. The number of aromatic nitrogens is 2. The quantitative estimate of drug-likeness (QED) is 0.799. The summed E-state index contributed by atoms with van der Waals surface area (Å²) >= 11 is 5.55. The smallest absolute Gasteiger partial charge is 0.142 e. The topological polar surface area (TPSA) is 38.0 Å². The van der Waals surface area contributed by atoms with Crippen LogP contribution in [0.1, 0.15) is 11.3 Å². The molecular formula is C10H8ClFN2O. The van der Waals surface area contributed by atoms with Gasteiger partial charge in [0.2, 0.25) is 0 Å². The maximum absolute atomic E-state index is 13.1. The Kier molecular flexibility index (Phi) is 2.60. The van der Waals surface area contributed by atoms with Crippen LogP contribution in [0.2, 0.25) is 5.02 Å². The highest BCUT2D eigenvalue weighted by Crippen LogP contribution is 2.17. The summed E-state index contributed by atoms with van der Waals surface area (Å²) in [6.07, 6.45) is 1.88. The van der Waals surface area contributed by atoms with Crippen molar-refractivity contribution in [2.45, 2.75) is 6.42 Å². The van der Waals surface area contributed by atoms with Gasteiger partial charge in [-0.15, -0.1) is 9.94 Å². The SMILES string of the molecule is On1nccc1Cc1ccc(Cl)c(F)c1. The van der Waals surface area contributed by atoms with Crippen LogP contribution in [0, 0.1) is 5.82 Å². The molecule has 3 nitrogen and oxygen atoms in total. The minimum absolute atomic E-state index is 0.0938. The Hall–Kier alpha value is -1.55. The average Bonchev–Trinajstić information content (AvgIpc) is 2.59. The Morgan fingerprint density at radius 3 is 2.80 bits per heavy atom. The molecule has 0 radical (unpaired) electrons. The first-order chi connectivity index (χ1) is 7.16. The van der Waals surface area contributed by atoms with E-state index in [0.717, 1.165) is 10.4 Å². The van der Waals surface area contributed by atoms with Crippen molar-refractivity contribution in [1.82, 2.24) is 9.94 Å². The highest BCUT2D eigenvalue weighted by molar-refractivity contribution is 6.30. The van der Waals surface area contributed by atoms with Gasteiger partial charge in [-0.25, -0.2) is 4.39 Å². The molecule has 0 atom stereocenters. The summed E-state index contributed by atoms with van der Waals surface area (Å²) in [7, 11) is 0. The van der Waals surface area contributed by atoms with E-state index in [-0.39, 0.29) is 5.02 Å². The van der Waals surface area contributed by atoms with Gasteiger partial charge in [-0.2, -0.15) is 0 Å². The van der Waals surface area contributed by atoms with Gasteiger partial charge < -0.3 is 5.21 Å². The minimum atomic E-state index is -0.460. The first-order valence-corrected chi connectivity index (χ1v) is 4.70. The maximum Gasteiger partial charge on any atom is 0.142 e. The van der Waals surface area contributed by atoms with E-state index < -0.39 is 5.82 Å². The zero-order valence-electron chi connectivity index (χ0n) is 7.69. The van der Waals surface area contributed by atoms with E-state index in [4.69, 9.17) is 11.6 Å². The Balaban J connectivity index is 2.25. The highest BCUT2D eigenvalue weighted by Gasteiger charge is 2.05. The Bertz CT molecular complexity index is 484. The standard InChI is InChI=1S/C10H8ClFN2O/c11-9-2-1-7(6-10(9)12)5-8-3-4-13-14(8)15/h1-4,6,15H,5H2. The molecule has 0 saturated carbocycles. The molecule has 2 rings (SSSR count). The van der Waals surface area contributed by atoms with Gasteiger partial charge in [-0.05, 0) is 23.8 Å². The molecule has 0 fully saturated rings. The van der Waals surface area contributed by atoms with Crippen molar-refractivity contribution in [2.75, 3.05) is 0 Å². The Labute approximate surface area is 90.7 Å². The van der Waals surface area contributed by atoms with Crippen molar-refractivity contribution in [3.63, 3.8) is 0 Å². The van der Waals surface area contributed by atoms with Crippen molar-refractivity contribution in [3.05, 3.63) is 52.6 Å². The van der Waals surface area contributed by atoms with Crippen LogP contribution in [-0.4, -0.2) is 15.2 Å². The van der Waals surface area contributed by atoms with E-state index in [1.54, 1.807) is 12.1 Å². The summed E-state index contributed by atoms with van der Waals surface area (Å²) in [5.74, 6) is -0.460. The molecule has 1 aromatic carbocycles. The lowest BCUT2D eigenvalue weighted by Gasteiger charge is -2.02. The highest BCUT2D eigenvalue weighted by atomic mass is 35.5. The largest absolute Gasteiger partial charge is 0.411 e. The molecule has 15 heavy (non-hydrogen) atoms. The van der Waals surface area contributed by atoms with Gasteiger partial charge in [-0.1, -0.05) is 17.7 Å². The fourth-order valence-corrected chi connectivity index (χ4v) is 1.43. The Morgan fingerprint density at radius 1 is 1.40 bits per heavy atom. The van der Waals surface area contributed by atoms with Crippen LogP contribution < -0.4 is 0 Å². The minimum Gasteiger partial charge on any atom is -0.411 e. The Morgan fingerprint density at radius 2 is 2.20 bits per heavy atom. The second-order valence-electron chi connectivity index (χ2n) is 3.14. The number of benzene rings is 1. The molecule has 78 valence electrons. The molecule has 0 aliphatic carbocycles. The summed E-state index contributed by atoms with van der Waals surface area (Å²) < 4.78 is 13.1. The number of rotatable bonds is 2. The fourth-order valence-electron chi connectivity index (χ4n) is 1.31. The predicted molar refractivity (Wildman–Crippen MR) is 53.6 cm³/mol. The first kappa shape index (κ1) is 9.98. The van der Waals surface area contributed by atoms with E-state index in [2.05, 4.69) is 5.10 Å². The van der Waals surface area contributed by atoms with Crippen LogP contribution in [0.5, 0.6) is 0 Å². The van der Waals surface area contributed by atoms with Gasteiger partial charge in [0.15, 0.2) is 0 Å². The third-order valence-corrected chi connectivity index (χ3v) is 2.38. The third kappa shape index (κ3) is 2.10. The monoisotopic (exact) mass is 226 g/mol. The molecule has 1 N–H and O–H groups in total. The molecule has 2 aromatic rings. The lowest BCUT2D eigenvalue weighted by atomic mass is 10.1. The molecule has 1 aromatic heterocycles. The van der Waals surface area contributed by atoms with Gasteiger partial charge in [-0.3, -0.25) is 0 Å². The van der Waals surface area contributed by atoms with E-state index in [1.807, 2.05) is 0 Å². The number of halogens is 2. The van der Waals surface area contributed by atoms with E-state index in [9.17, 15) is 9.60 Å². The predicted octanol–water partition coefficient (Wildman–Crippen LogP) is 2.50. The van der Waals surface area contributed by atoms with Crippen LogP contribution in [0.4, 0.5) is 4.39 Å². The third-order valence-electron chi connectivity index (χ3n) is 2.07. The van der Waals surface area contributed by atoms with Crippen LogP contribution in [0.15, 0.2) is 30.5 Å². The number of hydrogen-bond acceptors (Lipinski definition) is 2. The van der Waals surface area contributed by atoms with Gasteiger partial charge >= 0.3 is 0 Å². The van der Waals surface area contributed by atoms with Gasteiger partial charge in [0.25, 0.3) is 0 Å². The normalized spacial score (nSPS) is 10.5. The molecule has 0 saturated heterocycles. The lowest BCUT2D eigenvalue weighted by molar-refractivity contribution is 0.141. The molecule has 1 heterocycles. The molecule has 0 unspecified atom stereocenters. The summed E-state index contributed by atoms with van der Waals surface area (Å²) in [5.41, 5.74) is 1.32. The van der Waals surface area contributed by atoms with Gasteiger partial charge in [0, 0.05) is 6.42 Å². The van der Waals surface area contributed by atoms with Crippen molar-refractivity contribution in [2.24, 2.45) is 0 Å². The van der Waals surface area contributed by atoms with Crippen LogP contribution in [-0.2, 0) is 6.42 Å². The summed E-state index contributed by atoms with van der Waals surface area (Å²) in [6.45, 7) is 0. The zero-order valence-corrected chi connectivity index (χ0v) is 8.45. The molecule has 0 spiro atoms. The summed E-state index contributed by atoms with van der Waals surface area (Å²) in [5, 5.41) is 12.9. The van der Waals surface area contributed by atoms with Crippen molar-refractivity contribution < 1.29 is 9.60 Å². The van der Waals surface area contributed by atoms with Gasteiger partial charge in [0.1, 0.15) is 5.82 Å². The van der Waals surface area contributed by atoms with Crippen molar-refractivity contribution in [3.8, 4) is 0 Å². The van der Waals surface area contributed by atoms with Crippen LogP contribution in [0.25, 0.3) is 0 Å². The van der Waals surface area contributed by atoms with Crippen LogP contribution in [0.3, 0.4) is 0 Å². The second-order valence-corrected chi connectivity index (χ2v) is 3.54. The second kappa shape index (κ2) is 3.90. The van der Waals surface area contributed by atoms with Crippen molar-refractivity contribution in [1.29, 1.82) is 0 Å². The van der Waals surface area contributed by atoms with E-state index in [0.29, 0.717) is 12.1 Å². The molecule has 0 aliphatic rings. The zero-order chi connectivity index (χ0) is 10.8. The first-order valence-electron chi connectivity index (χ1n) is 4.33. The summed E-state index contributed by atoms with van der Waals surface area (Å²) in [4.78, 5) is 0.770. The molecule has 0 aliphatic heterocycles. The number of nitrogens with zero attached hydrogens (tertiary/aromatic N) is 2.